The number of amides is 1. The van der Waals surface area contributed by atoms with Gasteiger partial charge < -0.3 is 10.1 Å². The summed E-state index contributed by atoms with van der Waals surface area (Å²) in [5, 5.41) is 8.74. The summed E-state index contributed by atoms with van der Waals surface area (Å²) in [4.78, 5) is 25.5. The zero-order valence-electron chi connectivity index (χ0n) is 16.7. The molecule has 30 heavy (non-hydrogen) atoms. The third kappa shape index (κ3) is 3.64. The van der Waals surface area contributed by atoms with E-state index in [9.17, 15) is 9.59 Å². The van der Waals surface area contributed by atoms with E-state index in [0.717, 1.165) is 16.5 Å². The van der Waals surface area contributed by atoms with Gasteiger partial charge in [-0.15, -0.1) is 0 Å². The van der Waals surface area contributed by atoms with Crippen molar-refractivity contribution in [2.24, 2.45) is 0 Å². The first-order chi connectivity index (χ1) is 14.5. The minimum Gasteiger partial charge on any atom is -0.496 e. The Morgan fingerprint density at radius 1 is 1.17 bits per heavy atom. The van der Waals surface area contributed by atoms with Gasteiger partial charge in [0.25, 0.3) is 5.56 Å². The van der Waals surface area contributed by atoms with E-state index < -0.39 is 0 Å². The number of methoxy groups -OCH3 is 1. The van der Waals surface area contributed by atoms with E-state index in [-0.39, 0.29) is 18.0 Å². The molecular formula is C22H21ClN4O3. The number of aryl methyl sites for hydroxylation is 1. The Kier molecular flexibility index (Phi) is 5.46. The number of aromatic nitrogens is 3. The number of benzene rings is 2. The third-order valence-corrected chi connectivity index (χ3v) is 5.24. The number of hydrogen-bond acceptors (Lipinski definition) is 4. The monoisotopic (exact) mass is 424 g/mol. The molecule has 7 nitrogen and oxygen atoms in total. The van der Waals surface area contributed by atoms with Crippen LogP contribution in [0.4, 0.5) is 0 Å². The molecule has 0 aliphatic heterocycles. The molecule has 2 aromatic heterocycles. The van der Waals surface area contributed by atoms with Gasteiger partial charge in [-0.05, 0) is 35.9 Å². The summed E-state index contributed by atoms with van der Waals surface area (Å²) in [5.74, 6) is 1.09. The van der Waals surface area contributed by atoms with Crippen LogP contribution in [0.1, 0.15) is 18.3 Å². The molecule has 154 valence electrons. The zero-order chi connectivity index (χ0) is 21.3. The molecule has 0 saturated carbocycles. The number of carbonyl (C=O) groups excluding carboxylic acids is 1. The molecular weight excluding hydrogens is 404 g/mol. The number of carbonyl (C=O) groups is 1. The molecule has 0 bridgehead atoms. The van der Waals surface area contributed by atoms with Crippen molar-refractivity contribution in [3.05, 3.63) is 75.3 Å². The molecule has 0 atom stereocenters. The van der Waals surface area contributed by atoms with Gasteiger partial charge in [0.1, 0.15) is 23.6 Å². The maximum absolute atomic E-state index is 13.1. The number of nitrogens with zero attached hydrogens (tertiary/aromatic N) is 3. The lowest BCUT2D eigenvalue weighted by atomic mass is 10.2. The summed E-state index contributed by atoms with van der Waals surface area (Å²) in [6.45, 7) is 2.15. The lowest BCUT2D eigenvalue weighted by Crippen LogP contribution is -2.35. The van der Waals surface area contributed by atoms with E-state index in [2.05, 4.69) is 10.4 Å². The molecule has 8 heteroatoms. The molecule has 0 radical (unpaired) electrons. The Morgan fingerprint density at radius 3 is 2.63 bits per heavy atom. The van der Waals surface area contributed by atoms with Crippen molar-refractivity contribution >= 4 is 33.9 Å². The van der Waals surface area contributed by atoms with E-state index in [1.54, 1.807) is 25.3 Å². The number of ether oxygens (including phenoxy) is 1. The fraction of sp³-hybridized carbons (Fsp3) is 0.227. The van der Waals surface area contributed by atoms with Crippen LogP contribution in [0.3, 0.4) is 0 Å². The number of nitrogens with one attached hydrogen (secondary N) is 1. The Bertz CT molecular complexity index is 1290. The van der Waals surface area contributed by atoms with Crippen molar-refractivity contribution < 1.29 is 9.53 Å². The standard InChI is InChI=1S/C22H21ClN4O3/c1-3-20-25-26(13-21(28)24-12-14-7-9-15(23)10-8-14)22(29)18-11-16-17(27(18)20)5-4-6-19(16)30-2/h4-11H,3,12-13H2,1-2H3,(H,24,28). The first kappa shape index (κ1) is 20.0. The lowest BCUT2D eigenvalue weighted by molar-refractivity contribution is -0.122. The molecule has 0 saturated heterocycles. The van der Waals surface area contributed by atoms with Crippen molar-refractivity contribution in [2.75, 3.05) is 7.11 Å². The minimum atomic E-state index is -0.327. The van der Waals surface area contributed by atoms with Gasteiger partial charge in [0.15, 0.2) is 0 Å². The molecule has 0 fully saturated rings. The van der Waals surface area contributed by atoms with Crippen LogP contribution in [-0.2, 0) is 24.3 Å². The van der Waals surface area contributed by atoms with Crippen LogP contribution in [0.15, 0.2) is 53.3 Å². The van der Waals surface area contributed by atoms with Crippen molar-refractivity contribution in [3.63, 3.8) is 0 Å². The van der Waals surface area contributed by atoms with Gasteiger partial charge in [-0.1, -0.05) is 36.7 Å². The normalized spacial score (nSPS) is 11.2. The van der Waals surface area contributed by atoms with Gasteiger partial charge in [-0.3, -0.25) is 14.0 Å². The smallest absolute Gasteiger partial charge is 0.291 e. The van der Waals surface area contributed by atoms with Gasteiger partial charge >= 0.3 is 0 Å². The maximum Gasteiger partial charge on any atom is 0.291 e. The highest BCUT2D eigenvalue weighted by Gasteiger charge is 2.17. The van der Waals surface area contributed by atoms with E-state index in [1.165, 1.54) is 4.68 Å². The summed E-state index contributed by atoms with van der Waals surface area (Å²) in [7, 11) is 1.60. The number of hydrogen-bond donors (Lipinski definition) is 1. The predicted molar refractivity (Wildman–Crippen MR) is 116 cm³/mol. The summed E-state index contributed by atoms with van der Waals surface area (Å²) in [6.07, 6.45) is 0.601. The average molecular weight is 425 g/mol. The Labute approximate surface area is 177 Å². The Morgan fingerprint density at radius 2 is 1.93 bits per heavy atom. The van der Waals surface area contributed by atoms with Crippen molar-refractivity contribution in [1.29, 1.82) is 0 Å². The van der Waals surface area contributed by atoms with Crippen LogP contribution in [-0.4, -0.2) is 27.2 Å². The molecule has 2 aromatic carbocycles. The second-order valence-corrected chi connectivity index (χ2v) is 7.33. The molecule has 0 aliphatic carbocycles. The predicted octanol–water partition coefficient (Wildman–Crippen LogP) is 3.19. The van der Waals surface area contributed by atoms with Gasteiger partial charge in [-0.2, -0.15) is 5.10 Å². The quantitative estimate of drug-likeness (QED) is 0.515. The van der Waals surface area contributed by atoms with Crippen LogP contribution in [0.2, 0.25) is 5.02 Å². The van der Waals surface area contributed by atoms with Crippen LogP contribution < -0.4 is 15.6 Å². The molecule has 4 rings (SSSR count). The van der Waals surface area contributed by atoms with Crippen LogP contribution in [0.5, 0.6) is 5.75 Å². The van der Waals surface area contributed by atoms with E-state index in [1.807, 2.05) is 41.7 Å². The van der Waals surface area contributed by atoms with Gasteiger partial charge in [0.2, 0.25) is 5.91 Å². The third-order valence-electron chi connectivity index (χ3n) is 4.99. The van der Waals surface area contributed by atoms with Crippen molar-refractivity contribution in [3.8, 4) is 5.75 Å². The van der Waals surface area contributed by atoms with Crippen molar-refractivity contribution in [1.82, 2.24) is 19.5 Å². The van der Waals surface area contributed by atoms with E-state index >= 15 is 0 Å². The molecule has 1 amide bonds. The van der Waals surface area contributed by atoms with Gasteiger partial charge in [0, 0.05) is 23.4 Å². The summed E-state index contributed by atoms with van der Waals surface area (Å²) in [5.41, 5.74) is 1.91. The number of halogens is 1. The highest BCUT2D eigenvalue weighted by Crippen LogP contribution is 2.28. The molecule has 0 spiro atoms. The number of fused-ring (bicyclic) bond motifs is 3. The van der Waals surface area contributed by atoms with Crippen molar-refractivity contribution in [2.45, 2.75) is 26.4 Å². The Balaban J connectivity index is 1.66. The lowest BCUT2D eigenvalue weighted by Gasteiger charge is -2.11. The minimum absolute atomic E-state index is 0.158. The van der Waals surface area contributed by atoms with Crippen LogP contribution >= 0.6 is 11.6 Å². The van der Waals surface area contributed by atoms with Gasteiger partial charge in [0.05, 0.1) is 12.6 Å². The first-order valence-corrected chi connectivity index (χ1v) is 9.99. The molecule has 2 heterocycles. The highest BCUT2D eigenvalue weighted by molar-refractivity contribution is 6.30. The topological polar surface area (TPSA) is 77.6 Å². The van der Waals surface area contributed by atoms with E-state index in [0.29, 0.717) is 35.1 Å². The SMILES string of the molecule is CCc1nn(CC(=O)NCc2ccc(Cl)cc2)c(=O)c2cc3c(OC)cccc3n12. The fourth-order valence-electron chi connectivity index (χ4n) is 3.51. The molecule has 1 N–H and O–H groups in total. The van der Waals surface area contributed by atoms with Crippen LogP contribution in [0, 0.1) is 0 Å². The fourth-order valence-corrected chi connectivity index (χ4v) is 3.64. The number of rotatable bonds is 6. The van der Waals surface area contributed by atoms with E-state index in [4.69, 9.17) is 16.3 Å². The second kappa shape index (κ2) is 8.20. The Hall–Kier alpha value is -3.32. The summed E-state index contributed by atoms with van der Waals surface area (Å²) < 4.78 is 8.49. The summed E-state index contributed by atoms with van der Waals surface area (Å²) in [6, 6.07) is 14.7. The maximum atomic E-state index is 13.1. The largest absolute Gasteiger partial charge is 0.496 e. The highest BCUT2D eigenvalue weighted by atomic mass is 35.5. The zero-order valence-corrected chi connectivity index (χ0v) is 17.4. The summed E-state index contributed by atoms with van der Waals surface area (Å²) >= 11 is 5.88. The second-order valence-electron chi connectivity index (χ2n) is 6.89. The average Bonchev–Trinajstić information content (AvgIpc) is 3.15. The molecule has 4 aromatic rings. The first-order valence-electron chi connectivity index (χ1n) is 9.61. The van der Waals surface area contributed by atoms with Gasteiger partial charge in [-0.25, -0.2) is 4.68 Å². The van der Waals surface area contributed by atoms with Crippen LogP contribution in [0.25, 0.3) is 16.4 Å². The molecule has 0 unspecified atom stereocenters. The molecule has 0 aliphatic rings.